The number of ether oxygens (including phenoxy) is 1. The van der Waals surface area contributed by atoms with Gasteiger partial charge in [-0.1, -0.05) is 89.3 Å². The quantitative estimate of drug-likeness (QED) is 0.0946. The minimum atomic E-state index is -2.61. The number of para-hydroxylation sites is 2. The van der Waals surface area contributed by atoms with Crippen LogP contribution in [0.2, 0.25) is 26.2 Å². The van der Waals surface area contributed by atoms with Gasteiger partial charge in [-0.05, 0) is 68.2 Å². The smallest absolute Gasteiger partial charge is 0.343 e. The summed E-state index contributed by atoms with van der Waals surface area (Å²) in [5.74, 6) is 0.427. The molecule has 0 unspecified atom stereocenters. The fourth-order valence-electron chi connectivity index (χ4n) is 6.85. The maximum Gasteiger partial charge on any atom is 0.343 e. The number of esters is 1. The van der Waals surface area contributed by atoms with Gasteiger partial charge >= 0.3 is 5.97 Å². The average molecular weight is 591 g/mol. The third kappa shape index (κ3) is 5.99. The van der Waals surface area contributed by atoms with E-state index in [1.165, 1.54) is 0 Å². The molecule has 1 N–H and O–H groups in total. The van der Waals surface area contributed by atoms with E-state index in [-0.39, 0.29) is 5.04 Å². The minimum Gasteiger partial charge on any atom is -0.508 e. The molecule has 0 fully saturated rings. The number of carbonyl (C=O) groups excluding carboxylic acids is 2. The second-order valence-electron chi connectivity index (χ2n) is 11.9. The highest BCUT2D eigenvalue weighted by molar-refractivity contribution is 6.93. The van der Waals surface area contributed by atoms with Gasteiger partial charge in [0.2, 0.25) is 0 Å². The number of rotatable bonds is 13. The molecule has 41 heavy (non-hydrogen) atoms. The minimum absolute atomic E-state index is 0.342. The summed E-state index contributed by atoms with van der Waals surface area (Å²) in [7, 11) is -4.97. The molecule has 0 amide bonds. The summed E-state index contributed by atoms with van der Waals surface area (Å²) in [4.78, 5) is 24.3. The Balaban J connectivity index is 2.09. The molecule has 220 valence electrons. The summed E-state index contributed by atoms with van der Waals surface area (Å²) >= 11 is 0. The Bertz CT molecular complexity index is 1340. The van der Waals surface area contributed by atoms with Gasteiger partial charge in [-0.2, -0.15) is 0 Å². The van der Waals surface area contributed by atoms with Crippen LogP contribution in [-0.2, 0) is 9.46 Å². The molecule has 7 heteroatoms. The standard InChI is InChI=1S/C34H46O5Si2/c1-9-33(10-2,28-17-13-15-19-30(28)38-32(37)27-23-21-26(25-35)22-24-27)41(7,8)39-34(11-3,12-4)40(5,6)31-20-16-14-18-29(31)36/h13-25,36H,9-12H2,1-8H3. The zero-order valence-electron chi connectivity index (χ0n) is 25.9. The van der Waals surface area contributed by atoms with E-state index in [1.54, 1.807) is 30.3 Å². The van der Waals surface area contributed by atoms with Crippen LogP contribution in [0.15, 0.2) is 72.8 Å². The maximum atomic E-state index is 13.2. The summed E-state index contributed by atoms with van der Waals surface area (Å²) < 4.78 is 13.6. The van der Waals surface area contributed by atoms with Crippen molar-refractivity contribution in [2.75, 3.05) is 0 Å². The molecule has 0 bridgehead atoms. The summed E-state index contributed by atoms with van der Waals surface area (Å²) in [6.45, 7) is 18.0. The predicted octanol–water partition coefficient (Wildman–Crippen LogP) is 7.96. The Morgan fingerprint density at radius 2 is 1.37 bits per heavy atom. The fourth-order valence-corrected chi connectivity index (χ4v) is 16.2. The first kappa shape index (κ1) is 32.5. The Kier molecular flexibility index (Phi) is 10.2. The lowest BCUT2D eigenvalue weighted by atomic mass is 9.91. The predicted molar refractivity (Wildman–Crippen MR) is 173 cm³/mol. The maximum absolute atomic E-state index is 13.2. The van der Waals surface area contributed by atoms with Crippen LogP contribution in [0.4, 0.5) is 0 Å². The van der Waals surface area contributed by atoms with Gasteiger partial charge in [0.1, 0.15) is 25.9 Å². The fraction of sp³-hybridized carbons (Fsp3) is 0.412. The number of carbonyl (C=O) groups is 2. The van der Waals surface area contributed by atoms with E-state index in [4.69, 9.17) is 9.16 Å². The van der Waals surface area contributed by atoms with Crippen LogP contribution < -0.4 is 9.92 Å². The summed E-state index contributed by atoms with van der Waals surface area (Å²) in [6.07, 6.45) is 4.08. The van der Waals surface area contributed by atoms with Gasteiger partial charge in [0, 0.05) is 16.2 Å². The number of phenolic OH excluding ortho intramolecular Hbond substituents is 1. The van der Waals surface area contributed by atoms with Crippen molar-refractivity contribution in [2.45, 2.75) is 89.8 Å². The van der Waals surface area contributed by atoms with E-state index in [9.17, 15) is 14.7 Å². The second kappa shape index (κ2) is 12.9. The van der Waals surface area contributed by atoms with Crippen molar-refractivity contribution in [2.24, 2.45) is 0 Å². The Hall–Kier alpha value is -3.01. The molecular formula is C34H46O5Si2. The van der Waals surface area contributed by atoms with Crippen molar-refractivity contribution in [1.82, 2.24) is 0 Å². The van der Waals surface area contributed by atoms with Gasteiger partial charge in [0.05, 0.1) is 10.8 Å². The van der Waals surface area contributed by atoms with Gasteiger partial charge in [-0.3, -0.25) is 4.79 Å². The zero-order chi connectivity index (χ0) is 30.5. The third-order valence-corrected chi connectivity index (χ3v) is 18.8. The second-order valence-corrected chi connectivity index (χ2v) is 20.8. The highest BCUT2D eigenvalue weighted by Gasteiger charge is 2.56. The number of aldehydes is 1. The number of benzene rings is 3. The van der Waals surface area contributed by atoms with Crippen molar-refractivity contribution >= 4 is 33.8 Å². The molecule has 0 saturated carbocycles. The largest absolute Gasteiger partial charge is 0.508 e. The van der Waals surface area contributed by atoms with Crippen LogP contribution in [0.1, 0.15) is 79.7 Å². The van der Waals surface area contributed by atoms with Gasteiger partial charge in [-0.15, -0.1) is 0 Å². The molecule has 3 rings (SSSR count). The highest BCUT2D eigenvalue weighted by atomic mass is 28.4. The Labute approximate surface area is 248 Å². The first-order chi connectivity index (χ1) is 19.4. The van der Waals surface area contributed by atoms with E-state index in [0.29, 0.717) is 22.6 Å². The monoisotopic (exact) mass is 590 g/mol. The number of hydrogen-bond acceptors (Lipinski definition) is 5. The average Bonchev–Trinajstić information content (AvgIpc) is 2.97. The van der Waals surface area contributed by atoms with Crippen molar-refractivity contribution < 1.29 is 23.9 Å². The Morgan fingerprint density at radius 3 is 1.90 bits per heavy atom. The molecule has 0 atom stereocenters. The molecule has 0 aliphatic rings. The molecule has 0 spiro atoms. The van der Waals surface area contributed by atoms with Crippen molar-refractivity contribution in [1.29, 1.82) is 0 Å². The molecule has 0 radical (unpaired) electrons. The van der Waals surface area contributed by atoms with Crippen molar-refractivity contribution in [3.63, 3.8) is 0 Å². The van der Waals surface area contributed by atoms with Crippen molar-refractivity contribution in [3.05, 3.63) is 89.5 Å². The van der Waals surface area contributed by atoms with E-state index >= 15 is 0 Å². The lowest BCUT2D eigenvalue weighted by Crippen LogP contribution is -2.69. The van der Waals surface area contributed by atoms with E-state index < -0.39 is 27.6 Å². The van der Waals surface area contributed by atoms with Gasteiger partial charge < -0.3 is 14.3 Å². The van der Waals surface area contributed by atoms with Crippen LogP contribution >= 0.6 is 0 Å². The summed E-state index contributed by atoms with van der Waals surface area (Å²) in [5, 5.41) is 11.2. The summed E-state index contributed by atoms with van der Waals surface area (Å²) in [6, 6.07) is 22.0. The number of hydrogen-bond donors (Lipinski definition) is 1. The first-order valence-corrected chi connectivity index (χ1v) is 20.6. The van der Waals surface area contributed by atoms with Crippen molar-refractivity contribution in [3.8, 4) is 11.5 Å². The van der Waals surface area contributed by atoms with Gasteiger partial charge in [0.15, 0.2) is 8.32 Å². The van der Waals surface area contributed by atoms with E-state index in [1.807, 2.05) is 30.3 Å². The lowest BCUT2D eigenvalue weighted by Gasteiger charge is -2.54. The zero-order valence-corrected chi connectivity index (χ0v) is 27.9. The van der Waals surface area contributed by atoms with Crippen LogP contribution in [-0.4, -0.2) is 39.0 Å². The lowest BCUT2D eigenvalue weighted by molar-refractivity contribution is 0.0729. The highest BCUT2D eigenvalue weighted by Crippen LogP contribution is 2.48. The van der Waals surface area contributed by atoms with Crippen LogP contribution in [0.5, 0.6) is 11.5 Å². The van der Waals surface area contributed by atoms with Gasteiger partial charge in [-0.25, -0.2) is 4.79 Å². The van der Waals surface area contributed by atoms with Crippen LogP contribution in [0, 0.1) is 0 Å². The summed E-state index contributed by atoms with van der Waals surface area (Å²) in [5.41, 5.74) is 1.89. The SMILES string of the molecule is CCC(CC)(c1ccccc1OC(=O)c1ccc(C=O)cc1)[Si](C)(C)OC(CC)(CC)[Si](C)(C)c1ccccc1O. The first-order valence-electron chi connectivity index (χ1n) is 14.7. The van der Waals surface area contributed by atoms with Gasteiger partial charge in [0.25, 0.3) is 0 Å². The molecule has 0 aliphatic heterocycles. The molecular weight excluding hydrogens is 545 g/mol. The number of phenols is 1. The molecule has 0 heterocycles. The molecule has 0 saturated heterocycles. The Morgan fingerprint density at radius 1 is 0.805 bits per heavy atom. The third-order valence-electron chi connectivity index (χ3n) is 9.56. The van der Waals surface area contributed by atoms with Crippen LogP contribution in [0.3, 0.4) is 0 Å². The molecule has 5 nitrogen and oxygen atoms in total. The normalized spacial score (nSPS) is 12.7. The molecule has 0 aliphatic carbocycles. The molecule has 3 aromatic carbocycles. The molecule has 0 aromatic heterocycles. The molecule has 3 aromatic rings. The van der Waals surface area contributed by atoms with E-state index in [0.717, 1.165) is 42.7 Å². The van der Waals surface area contributed by atoms with E-state index in [2.05, 4.69) is 66.0 Å². The van der Waals surface area contributed by atoms with Crippen LogP contribution in [0.25, 0.3) is 0 Å². The topological polar surface area (TPSA) is 72.8 Å². The number of aromatic hydroxyl groups is 1.